The van der Waals surface area contributed by atoms with Crippen LogP contribution in [0.4, 0.5) is 0 Å². The molecule has 0 aromatic heterocycles. The number of carbonyl (C=O) groups is 2. The first-order valence-electron chi connectivity index (χ1n) is 5.20. The number of nitrogens with zero attached hydrogens (tertiary/aromatic N) is 1. The fourth-order valence-corrected chi connectivity index (χ4v) is 1.23. The molecule has 0 heterocycles. The summed E-state index contributed by atoms with van der Waals surface area (Å²) >= 11 is 0. The van der Waals surface area contributed by atoms with Crippen molar-refractivity contribution in [1.29, 1.82) is 0 Å². The first kappa shape index (κ1) is 14.9. The first-order valence-corrected chi connectivity index (χ1v) is 5.20. The minimum Gasteiger partial charge on any atom is -0.481 e. The lowest BCUT2D eigenvalue weighted by molar-refractivity contribution is -0.138. The molecule has 0 aliphatic heterocycles. The largest absolute Gasteiger partial charge is 0.481 e. The number of carboxylic acids is 1. The molecule has 0 bridgehead atoms. The van der Waals surface area contributed by atoms with Crippen molar-refractivity contribution in [2.24, 2.45) is 5.73 Å². The Kier molecular flexibility index (Phi) is 7.49. The Morgan fingerprint density at radius 2 is 2.12 bits per heavy atom. The summed E-state index contributed by atoms with van der Waals surface area (Å²) in [6, 6.07) is -0.575. The molecule has 0 fully saturated rings. The third kappa shape index (κ3) is 6.36. The molecule has 0 saturated carbocycles. The highest BCUT2D eigenvalue weighted by molar-refractivity contribution is 5.81. The van der Waals surface area contributed by atoms with Gasteiger partial charge in [0, 0.05) is 27.3 Å². The van der Waals surface area contributed by atoms with Crippen molar-refractivity contribution in [2.75, 3.05) is 27.3 Å². The van der Waals surface area contributed by atoms with Crippen LogP contribution in [0.1, 0.15) is 19.3 Å². The summed E-state index contributed by atoms with van der Waals surface area (Å²) in [6.07, 6.45) is 1.20. The van der Waals surface area contributed by atoms with Gasteiger partial charge < -0.3 is 20.5 Å². The number of carbonyl (C=O) groups excluding carboxylic acids is 1. The van der Waals surface area contributed by atoms with Crippen LogP contribution in [0, 0.1) is 0 Å². The Bertz CT molecular complexity index is 233. The zero-order valence-electron chi connectivity index (χ0n) is 9.81. The van der Waals surface area contributed by atoms with Gasteiger partial charge in [-0.3, -0.25) is 9.59 Å². The molecule has 6 heteroatoms. The van der Waals surface area contributed by atoms with Gasteiger partial charge in [-0.05, 0) is 12.8 Å². The summed E-state index contributed by atoms with van der Waals surface area (Å²) in [7, 11) is 3.15. The van der Waals surface area contributed by atoms with Crippen LogP contribution in [-0.4, -0.2) is 55.2 Å². The topological polar surface area (TPSA) is 92.9 Å². The maximum Gasteiger partial charge on any atom is 0.305 e. The van der Waals surface area contributed by atoms with E-state index in [1.807, 2.05) is 0 Å². The van der Waals surface area contributed by atoms with Gasteiger partial charge in [-0.2, -0.15) is 0 Å². The smallest absolute Gasteiger partial charge is 0.305 e. The molecule has 0 aromatic rings. The minimum absolute atomic E-state index is 0.0625. The monoisotopic (exact) mass is 232 g/mol. The van der Waals surface area contributed by atoms with E-state index in [1.54, 1.807) is 14.2 Å². The molecule has 0 spiro atoms. The zero-order chi connectivity index (χ0) is 12.6. The third-order valence-electron chi connectivity index (χ3n) is 2.22. The molecule has 1 amide bonds. The van der Waals surface area contributed by atoms with Crippen molar-refractivity contribution in [2.45, 2.75) is 25.3 Å². The van der Waals surface area contributed by atoms with Crippen LogP contribution in [0.25, 0.3) is 0 Å². The van der Waals surface area contributed by atoms with Gasteiger partial charge in [0.25, 0.3) is 0 Å². The van der Waals surface area contributed by atoms with Gasteiger partial charge in [0.2, 0.25) is 5.91 Å². The number of rotatable bonds is 8. The molecule has 0 aromatic carbocycles. The second-order valence-electron chi connectivity index (χ2n) is 3.65. The van der Waals surface area contributed by atoms with Crippen molar-refractivity contribution < 1.29 is 19.4 Å². The van der Waals surface area contributed by atoms with Crippen LogP contribution in [0.5, 0.6) is 0 Å². The molecule has 3 N–H and O–H groups in total. The van der Waals surface area contributed by atoms with Gasteiger partial charge in [0.1, 0.15) is 0 Å². The van der Waals surface area contributed by atoms with Crippen molar-refractivity contribution in [1.82, 2.24) is 4.90 Å². The number of hydrogen-bond donors (Lipinski definition) is 2. The van der Waals surface area contributed by atoms with Crippen LogP contribution < -0.4 is 5.73 Å². The van der Waals surface area contributed by atoms with E-state index in [0.717, 1.165) is 6.42 Å². The molecule has 1 unspecified atom stereocenters. The molecule has 0 rings (SSSR count). The van der Waals surface area contributed by atoms with Gasteiger partial charge in [-0.25, -0.2) is 0 Å². The Morgan fingerprint density at radius 3 is 2.62 bits per heavy atom. The summed E-state index contributed by atoms with van der Waals surface area (Å²) < 4.78 is 4.85. The predicted octanol–water partition coefficient (Wildman–Crippen LogP) is -0.327. The molecular formula is C10H20N2O4. The Labute approximate surface area is 95.4 Å². The number of nitrogens with two attached hydrogens (primary N) is 1. The molecular weight excluding hydrogens is 212 g/mol. The summed E-state index contributed by atoms with van der Waals surface area (Å²) in [6.45, 7) is 0.756. The average molecular weight is 232 g/mol. The lowest BCUT2D eigenvalue weighted by atomic mass is 10.1. The molecule has 0 aliphatic carbocycles. The van der Waals surface area contributed by atoms with Gasteiger partial charge in [-0.1, -0.05) is 0 Å². The first-order chi connectivity index (χ1) is 7.49. The van der Waals surface area contributed by atoms with E-state index in [9.17, 15) is 9.59 Å². The summed E-state index contributed by atoms with van der Waals surface area (Å²) in [5.74, 6) is -1.15. The molecule has 16 heavy (non-hydrogen) atoms. The number of hydrogen-bond acceptors (Lipinski definition) is 4. The number of methoxy groups -OCH3 is 1. The van der Waals surface area contributed by atoms with E-state index in [0.29, 0.717) is 13.0 Å². The quantitative estimate of drug-likeness (QED) is 0.559. The van der Waals surface area contributed by atoms with E-state index in [1.165, 1.54) is 4.90 Å². The van der Waals surface area contributed by atoms with E-state index in [4.69, 9.17) is 15.6 Å². The van der Waals surface area contributed by atoms with Crippen molar-refractivity contribution in [3.63, 3.8) is 0 Å². The summed E-state index contributed by atoms with van der Waals surface area (Å²) in [5, 5.41) is 8.47. The van der Waals surface area contributed by atoms with Crippen LogP contribution in [0.3, 0.4) is 0 Å². The molecule has 0 radical (unpaired) electrons. The van der Waals surface area contributed by atoms with E-state index < -0.39 is 12.0 Å². The van der Waals surface area contributed by atoms with Gasteiger partial charge in [0.05, 0.1) is 12.5 Å². The average Bonchev–Trinajstić information content (AvgIpc) is 2.24. The fraction of sp³-hybridized carbons (Fsp3) is 0.800. The van der Waals surface area contributed by atoms with Gasteiger partial charge in [0.15, 0.2) is 0 Å². The predicted molar refractivity (Wildman–Crippen MR) is 59.0 cm³/mol. The SMILES string of the molecule is COCCCC(N)C(=O)N(C)CCC(=O)O. The standard InChI is InChI=1S/C10H20N2O4/c1-12(6-5-9(13)14)10(15)8(11)4-3-7-16-2/h8H,3-7,11H2,1-2H3,(H,13,14). The van der Waals surface area contributed by atoms with Crippen LogP contribution >= 0.6 is 0 Å². The molecule has 0 aliphatic rings. The maximum absolute atomic E-state index is 11.6. The summed E-state index contributed by atoms with van der Waals surface area (Å²) in [5.41, 5.74) is 5.67. The normalized spacial score (nSPS) is 12.2. The van der Waals surface area contributed by atoms with Crippen LogP contribution in [0.15, 0.2) is 0 Å². The lowest BCUT2D eigenvalue weighted by Gasteiger charge is -2.20. The van der Waals surface area contributed by atoms with Crippen molar-refractivity contribution >= 4 is 11.9 Å². The lowest BCUT2D eigenvalue weighted by Crippen LogP contribution is -2.42. The Balaban J connectivity index is 3.86. The second kappa shape index (κ2) is 8.06. The Hall–Kier alpha value is -1.14. The number of ether oxygens (including phenoxy) is 1. The number of amides is 1. The van der Waals surface area contributed by atoms with Gasteiger partial charge in [-0.15, -0.1) is 0 Å². The van der Waals surface area contributed by atoms with Crippen molar-refractivity contribution in [3.05, 3.63) is 0 Å². The van der Waals surface area contributed by atoms with Crippen molar-refractivity contribution in [3.8, 4) is 0 Å². The van der Waals surface area contributed by atoms with Crippen LogP contribution in [0.2, 0.25) is 0 Å². The number of aliphatic carboxylic acids is 1. The number of carboxylic acid groups (broad SMARTS) is 1. The second-order valence-corrected chi connectivity index (χ2v) is 3.65. The highest BCUT2D eigenvalue weighted by Crippen LogP contribution is 2.00. The van der Waals surface area contributed by atoms with E-state index in [2.05, 4.69) is 0 Å². The van der Waals surface area contributed by atoms with E-state index in [-0.39, 0.29) is 18.9 Å². The molecule has 94 valence electrons. The molecule has 0 saturated heterocycles. The highest BCUT2D eigenvalue weighted by Gasteiger charge is 2.17. The van der Waals surface area contributed by atoms with Gasteiger partial charge >= 0.3 is 5.97 Å². The molecule has 1 atom stereocenters. The minimum atomic E-state index is -0.924. The Morgan fingerprint density at radius 1 is 1.50 bits per heavy atom. The fourth-order valence-electron chi connectivity index (χ4n) is 1.23. The maximum atomic E-state index is 11.6. The van der Waals surface area contributed by atoms with E-state index >= 15 is 0 Å². The number of likely N-dealkylation sites (N-methyl/N-ethyl adjacent to an activating group) is 1. The molecule has 6 nitrogen and oxygen atoms in total. The summed E-state index contributed by atoms with van der Waals surface area (Å²) in [4.78, 5) is 23.3. The zero-order valence-corrected chi connectivity index (χ0v) is 9.81. The highest BCUT2D eigenvalue weighted by atomic mass is 16.5. The third-order valence-corrected chi connectivity index (χ3v) is 2.22. The van der Waals surface area contributed by atoms with Crippen LogP contribution in [-0.2, 0) is 14.3 Å².